The molecule has 0 unspecified atom stereocenters. The lowest BCUT2D eigenvalue weighted by molar-refractivity contribution is -0.117. The molecule has 0 aliphatic heterocycles. The summed E-state index contributed by atoms with van der Waals surface area (Å²) in [6, 6.07) is 6.77. The number of nitriles is 1. The van der Waals surface area contributed by atoms with Crippen LogP contribution in [0.4, 0.5) is 5.82 Å². The number of aromatic nitrogens is 1. The molecule has 0 bridgehead atoms. The molecule has 28 heavy (non-hydrogen) atoms. The Bertz CT molecular complexity index is 869. The fourth-order valence-corrected chi connectivity index (χ4v) is 4.82. The van der Waals surface area contributed by atoms with Gasteiger partial charge < -0.3 is 9.88 Å². The number of thiophene rings is 1. The van der Waals surface area contributed by atoms with Crippen LogP contribution in [0, 0.1) is 25.2 Å². The molecular formula is C22H28N4OS. The average Bonchev–Trinajstić information content (AvgIpc) is 3.39. The number of hydrogen-bond donors (Lipinski definition) is 1. The molecule has 0 spiro atoms. The normalized spacial score (nSPS) is 14.4. The van der Waals surface area contributed by atoms with Gasteiger partial charge >= 0.3 is 0 Å². The number of anilines is 1. The summed E-state index contributed by atoms with van der Waals surface area (Å²) in [6.45, 7) is 9.44. The highest BCUT2D eigenvalue weighted by Crippen LogP contribution is 2.37. The Kier molecular flexibility index (Phi) is 6.71. The maximum absolute atomic E-state index is 12.9. The molecule has 2 aromatic heterocycles. The first-order valence-corrected chi connectivity index (χ1v) is 10.7. The minimum Gasteiger partial charge on any atom is -0.327 e. The van der Waals surface area contributed by atoms with Gasteiger partial charge in [0, 0.05) is 29.7 Å². The Labute approximate surface area is 171 Å². The van der Waals surface area contributed by atoms with Crippen LogP contribution in [0.15, 0.2) is 30.2 Å². The van der Waals surface area contributed by atoms with Crippen LogP contribution in [0.25, 0.3) is 0 Å². The maximum atomic E-state index is 12.9. The van der Waals surface area contributed by atoms with Crippen molar-refractivity contribution in [1.29, 1.82) is 5.26 Å². The van der Waals surface area contributed by atoms with Crippen molar-refractivity contribution in [3.63, 3.8) is 0 Å². The second-order valence-corrected chi connectivity index (χ2v) is 8.47. The third kappa shape index (κ3) is 4.37. The summed E-state index contributed by atoms with van der Waals surface area (Å²) in [7, 11) is 0. The number of carbonyl (C=O) groups is 1. The minimum absolute atomic E-state index is 0.0911. The Hall–Kier alpha value is -2.36. The Morgan fingerprint density at radius 3 is 2.82 bits per heavy atom. The van der Waals surface area contributed by atoms with Crippen LogP contribution < -0.4 is 5.32 Å². The summed E-state index contributed by atoms with van der Waals surface area (Å²) in [5, 5.41) is 14.8. The lowest BCUT2D eigenvalue weighted by Crippen LogP contribution is -2.33. The molecule has 1 saturated carbocycles. The van der Waals surface area contributed by atoms with Gasteiger partial charge in [0.25, 0.3) is 0 Å². The van der Waals surface area contributed by atoms with Crippen molar-refractivity contribution in [1.82, 2.24) is 9.47 Å². The van der Waals surface area contributed by atoms with Crippen molar-refractivity contribution in [2.45, 2.75) is 52.1 Å². The topological polar surface area (TPSA) is 61.1 Å². The van der Waals surface area contributed by atoms with E-state index in [1.165, 1.54) is 17.7 Å². The van der Waals surface area contributed by atoms with E-state index >= 15 is 0 Å². The zero-order valence-corrected chi connectivity index (χ0v) is 17.5. The van der Waals surface area contributed by atoms with Gasteiger partial charge in [0.05, 0.1) is 12.1 Å². The molecule has 5 nitrogen and oxygen atoms in total. The number of nitrogens with one attached hydrogen (secondary N) is 1. The first-order chi connectivity index (χ1) is 13.5. The van der Waals surface area contributed by atoms with Crippen LogP contribution in [-0.2, 0) is 11.3 Å². The summed E-state index contributed by atoms with van der Waals surface area (Å²) >= 11 is 1.68. The number of nitrogens with zero attached hydrogens (tertiary/aromatic N) is 3. The summed E-state index contributed by atoms with van der Waals surface area (Å²) < 4.78 is 2.19. The highest BCUT2D eigenvalue weighted by molar-refractivity contribution is 7.09. The van der Waals surface area contributed by atoms with Crippen molar-refractivity contribution in [3.8, 4) is 6.07 Å². The second-order valence-electron chi connectivity index (χ2n) is 7.44. The van der Waals surface area contributed by atoms with E-state index in [1.54, 1.807) is 11.3 Å². The van der Waals surface area contributed by atoms with Crippen molar-refractivity contribution < 1.29 is 4.79 Å². The highest BCUT2D eigenvalue weighted by Gasteiger charge is 2.27. The van der Waals surface area contributed by atoms with Gasteiger partial charge in [-0.2, -0.15) is 5.26 Å². The molecule has 1 N–H and O–H groups in total. The first kappa shape index (κ1) is 20.4. The summed E-state index contributed by atoms with van der Waals surface area (Å²) in [5.74, 6) is 0.579. The third-order valence-corrected chi connectivity index (χ3v) is 6.39. The quantitative estimate of drug-likeness (QED) is 0.653. The molecule has 0 saturated heterocycles. The molecule has 148 valence electrons. The molecule has 2 aromatic rings. The van der Waals surface area contributed by atoms with Crippen LogP contribution in [0.2, 0.25) is 0 Å². The zero-order valence-electron chi connectivity index (χ0n) is 16.7. The highest BCUT2D eigenvalue weighted by atomic mass is 32.1. The van der Waals surface area contributed by atoms with E-state index < -0.39 is 0 Å². The van der Waals surface area contributed by atoms with Gasteiger partial charge in [-0.15, -0.1) is 17.9 Å². The largest absolute Gasteiger partial charge is 0.327 e. The van der Waals surface area contributed by atoms with E-state index in [1.807, 2.05) is 31.4 Å². The Morgan fingerprint density at radius 2 is 2.21 bits per heavy atom. The number of carbonyl (C=O) groups excluding carboxylic acids is 1. The Balaban J connectivity index is 1.79. The molecule has 1 fully saturated rings. The lowest BCUT2D eigenvalue weighted by atomic mass is 10.2. The van der Waals surface area contributed by atoms with E-state index in [2.05, 4.69) is 33.5 Å². The zero-order chi connectivity index (χ0) is 20.1. The molecule has 3 rings (SSSR count). The Morgan fingerprint density at radius 1 is 1.46 bits per heavy atom. The maximum Gasteiger partial charge on any atom is 0.239 e. The molecular weight excluding hydrogens is 368 g/mol. The van der Waals surface area contributed by atoms with Crippen LogP contribution in [-0.4, -0.2) is 28.5 Å². The van der Waals surface area contributed by atoms with Gasteiger partial charge in [-0.05, 0) is 43.7 Å². The summed E-state index contributed by atoms with van der Waals surface area (Å²) in [6.07, 6.45) is 6.42. The van der Waals surface area contributed by atoms with Gasteiger partial charge in [0.15, 0.2) is 0 Å². The van der Waals surface area contributed by atoms with E-state index in [-0.39, 0.29) is 12.5 Å². The SMILES string of the molecule is C=CCN(CC(=O)Nc1c(C#N)c(C)c(C)n1C1CCCC1)Cc1cccs1. The van der Waals surface area contributed by atoms with Gasteiger partial charge in [-0.1, -0.05) is 25.0 Å². The smallest absolute Gasteiger partial charge is 0.239 e. The fraction of sp³-hybridized carbons (Fsp3) is 0.455. The standard InChI is InChI=1S/C22H28N4OS/c1-4-11-25(14-19-10-7-12-28-19)15-21(27)24-22-20(13-23)16(2)17(3)26(22)18-8-5-6-9-18/h4,7,10,12,18H,1,5-6,8-9,11,14-15H2,2-3H3,(H,24,27). The molecule has 0 radical (unpaired) electrons. The van der Waals surface area contributed by atoms with Crippen LogP contribution in [0.5, 0.6) is 0 Å². The summed E-state index contributed by atoms with van der Waals surface area (Å²) in [5.41, 5.74) is 2.64. The predicted molar refractivity (Wildman–Crippen MR) is 115 cm³/mol. The van der Waals surface area contributed by atoms with Gasteiger partial charge in [0.1, 0.15) is 11.9 Å². The van der Waals surface area contributed by atoms with E-state index in [0.717, 1.165) is 24.1 Å². The summed E-state index contributed by atoms with van der Waals surface area (Å²) in [4.78, 5) is 16.1. The first-order valence-electron chi connectivity index (χ1n) is 9.82. The minimum atomic E-state index is -0.0911. The monoisotopic (exact) mass is 396 g/mol. The number of hydrogen-bond acceptors (Lipinski definition) is 4. The molecule has 2 heterocycles. The predicted octanol–water partition coefficient (Wildman–Crippen LogP) is 4.78. The molecule has 1 aliphatic carbocycles. The van der Waals surface area contributed by atoms with Gasteiger partial charge in [-0.3, -0.25) is 9.69 Å². The average molecular weight is 397 g/mol. The number of rotatable bonds is 8. The van der Waals surface area contributed by atoms with E-state index in [4.69, 9.17) is 0 Å². The molecule has 1 amide bonds. The second kappa shape index (κ2) is 9.22. The van der Waals surface area contributed by atoms with Gasteiger partial charge in [0.2, 0.25) is 5.91 Å². The molecule has 1 aliphatic rings. The van der Waals surface area contributed by atoms with E-state index in [9.17, 15) is 10.1 Å². The lowest BCUT2D eigenvalue weighted by Gasteiger charge is -2.22. The van der Waals surface area contributed by atoms with Crippen molar-refractivity contribution in [3.05, 3.63) is 51.9 Å². The van der Waals surface area contributed by atoms with E-state index in [0.29, 0.717) is 30.5 Å². The van der Waals surface area contributed by atoms with Crippen LogP contribution >= 0.6 is 11.3 Å². The third-order valence-electron chi connectivity index (χ3n) is 5.53. The molecule has 0 atom stereocenters. The molecule has 0 aromatic carbocycles. The van der Waals surface area contributed by atoms with Crippen molar-refractivity contribution in [2.24, 2.45) is 0 Å². The fourth-order valence-electron chi connectivity index (χ4n) is 4.07. The van der Waals surface area contributed by atoms with Crippen molar-refractivity contribution >= 4 is 23.1 Å². The van der Waals surface area contributed by atoms with Crippen molar-refractivity contribution in [2.75, 3.05) is 18.4 Å². The van der Waals surface area contributed by atoms with Crippen LogP contribution in [0.3, 0.4) is 0 Å². The van der Waals surface area contributed by atoms with Crippen LogP contribution in [0.1, 0.15) is 53.4 Å². The molecule has 6 heteroatoms. The van der Waals surface area contributed by atoms with Gasteiger partial charge in [-0.25, -0.2) is 0 Å². The number of amides is 1.